The lowest BCUT2D eigenvalue weighted by atomic mass is 10.2. The minimum absolute atomic E-state index is 0.974. The smallest absolute Gasteiger partial charge is 0.0875 e. The van der Waals surface area contributed by atoms with Crippen LogP contribution in [0.5, 0.6) is 0 Å². The molecule has 15 heavy (non-hydrogen) atoms. The van der Waals surface area contributed by atoms with Crippen molar-refractivity contribution in [2.24, 2.45) is 0 Å². The fraction of sp³-hybridized carbons (Fsp3) is 0.0833. The van der Waals surface area contributed by atoms with Crippen LogP contribution in [-0.4, -0.2) is 10.5 Å². The lowest BCUT2D eigenvalue weighted by Crippen LogP contribution is -1.82. The molecule has 3 heteroatoms. The van der Waals surface area contributed by atoms with Gasteiger partial charge >= 0.3 is 0 Å². The molecule has 0 saturated carbocycles. The first kappa shape index (κ1) is 10.9. The molecule has 0 bridgehead atoms. The van der Waals surface area contributed by atoms with Gasteiger partial charge < -0.3 is 0 Å². The normalized spacial score (nSPS) is 10.2. The monoisotopic (exact) mass is 250 g/mol. The fourth-order valence-electron chi connectivity index (χ4n) is 1.31. The van der Waals surface area contributed by atoms with Gasteiger partial charge in [-0.15, -0.1) is 23.1 Å². The van der Waals surface area contributed by atoms with Crippen LogP contribution in [0.4, 0.5) is 0 Å². The van der Waals surface area contributed by atoms with Gasteiger partial charge in [0, 0.05) is 4.88 Å². The van der Waals surface area contributed by atoms with Crippen LogP contribution >= 0.6 is 35.3 Å². The van der Waals surface area contributed by atoms with E-state index >= 15 is 0 Å². The van der Waals surface area contributed by atoms with Crippen molar-refractivity contribution in [3.8, 4) is 10.4 Å². The van der Waals surface area contributed by atoms with E-state index in [1.165, 1.54) is 15.3 Å². The highest BCUT2D eigenvalue weighted by Gasteiger charge is 2.05. The van der Waals surface area contributed by atoms with E-state index in [-0.39, 0.29) is 0 Å². The van der Waals surface area contributed by atoms with E-state index in [1.54, 1.807) is 23.1 Å². The maximum absolute atomic E-state index is 5.26. The van der Waals surface area contributed by atoms with Gasteiger partial charge in [-0.3, -0.25) is 0 Å². The molecule has 0 spiro atoms. The Hall–Kier alpha value is -0.640. The predicted octanol–water partition coefficient (Wildman–Crippen LogP) is 4.45. The van der Waals surface area contributed by atoms with E-state index < -0.39 is 0 Å². The molecule has 0 atom stereocenters. The van der Waals surface area contributed by atoms with Crippen LogP contribution in [0, 0.1) is 0 Å². The average molecular weight is 250 g/mol. The minimum Gasteiger partial charge on any atom is -0.134 e. The highest BCUT2D eigenvalue weighted by Crippen LogP contribution is 2.29. The standard InChI is InChI=1S/C12H10S3/c1-14-12(13)11-8-7-10(15-11)9-5-3-2-4-6-9/h2-8H,1H3. The molecule has 0 aliphatic heterocycles. The van der Waals surface area contributed by atoms with Gasteiger partial charge in [0.05, 0.1) is 9.07 Å². The summed E-state index contributed by atoms with van der Waals surface area (Å²) in [7, 11) is 0. The van der Waals surface area contributed by atoms with Crippen LogP contribution in [0.1, 0.15) is 4.88 Å². The van der Waals surface area contributed by atoms with E-state index in [0.29, 0.717) is 0 Å². The zero-order valence-corrected chi connectivity index (χ0v) is 10.7. The van der Waals surface area contributed by atoms with Gasteiger partial charge in [0.15, 0.2) is 0 Å². The van der Waals surface area contributed by atoms with Crippen molar-refractivity contribution >= 4 is 39.5 Å². The predicted molar refractivity (Wildman–Crippen MR) is 75.0 cm³/mol. The maximum atomic E-state index is 5.26. The second kappa shape index (κ2) is 4.92. The number of hydrogen-bond donors (Lipinski definition) is 0. The van der Waals surface area contributed by atoms with Crippen molar-refractivity contribution < 1.29 is 0 Å². The van der Waals surface area contributed by atoms with E-state index in [0.717, 1.165) is 4.20 Å². The Labute approximate surface area is 103 Å². The quantitative estimate of drug-likeness (QED) is 0.722. The summed E-state index contributed by atoms with van der Waals surface area (Å²) < 4.78 is 0.974. The molecule has 76 valence electrons. The van der Waals surface area contributed by atoms with Crippen molar-refractivity contribution in [3.05, 3.63) is 47.3 Å². The molecule has 0 aliphatic carbocycles. The molecular formula is C12H10S3. The molecule has 1 heterocycles. The number of thiocarbonyl (C=S) groups is 1. The van der Waals surface area contributed by atoms with Crippen LogP contribution < -0.4 is 0 Å². The third-order valence-electron chi connectivity index (χ3n) is 2.05. The van der Waals surface area contributed by atoms with Gasteiger partial charge in [-0.2, -0.15) is 0 Å². The number of benzene rings is 1. The first-order valence-corrected chi connectivity index (χ1v) is 7.00. The highest BCUT2D eigenvalue weighted by molar-refractivity contribution is 8.23. The molecular weight excluding hydrogens is 240 g/mol. The number of thiophene rings is 1. The Morgan fingerprint density at radius 1 is 1.13 bits per heavy atom. The zero-order valence-electron chi connectivity index (χ0n) is 8.27. The summed E-state index contributed by atoms with van der Waals surface area (Å²) in [6.45, 7) is 0. The molecule has 1 aromatic carbocycles. The number of hydrogen-bond acceptors (Lipinski definition) is 3. The molecule has 0 nitrogen and oxygen atoms in total. The lowest BCUT2D eigenvalue weighted by Gasteiger charge is -1.95. The second-order valence-corrected chi connectivity index (χ2v) is 5.59. The van der Waals surface area contributed by atoms with Crippen molar-refractivity contribution in [1.82, 2.24) is 0 Å². The summed E-state index contributed by atoms with van der Waals surface area (Å²) in [5, 5.41) is 0. The molecule has 0 aliphatic rings. The Balaban J connectivity index is 2.32. The second-order valence-electron chi connectivity index (χ2n) is 3.02. The van der Waals surface area contributed by atoms with Gasteiger partial charge in [0.25, 0.3) is 0 Å². The third kappa shape index (κ3) is 2.48. The summed E-state index contributed by atoms with van der Waals surface area (Å²) in [6.07, 6.45) is 2.02. The molecule has 0 fully saturated rings. The Bertz CT molecular complexity index is 457. The van der Waals surface area contributed by atoms with Crippen LogP contribution in [0.15, 0.2) is 42.5 Å². The van der Waals surface area contributed by atoms with E-state index in [9.17, 15) is 0 Å². The molecule has 0 radical (unpaired) electrons. The van der Waals surface area contributed by atoms with E-state index in [4.69, 9.17) is 12.2 Å². The van der Waals surface area contributed by atoms with Crippen molar-refractivity contribution in [2.45, 2.75) is 0 Å². The summed E-state index contributed by atoms with van der Waals surface area (Å²) in [5.41, 5.74) is 1.26. The topological polar surface area (TPSA) is 0 Å². The summed E-state index contributed by atoms with van der Waals surface area (Å²) in [5.74, 6) is 0. The molecule has 0 N–H and O–H groups in total. The molecule has 2 aromatic rings. The van der Waals surface area contributed by atoms with E-state index in [1.807, 2.05) is 12.3 Å². The van der Waals surface area contributed by atoms with Crippen LogP contribution in [0.25, 0.3) is 10.4 Å². The SMILES string of the molecule is CSC(=S)c1ccc(-c2ccccc2)s1. The number of thioether (sulfide) groups is 1. The summed E-state index contributed by atoms with van der Waals surface area (Å²) >= 11 is 8.64. The molecule has 0 amide bonds. The summed E-state index contributed by atoms with van der Waals surface area (Å²) in [6, 6.07) is 14.6. The van der Waals surface area contributed by atoms with Gasteiger partial charge in [-0.25, -0.2) is 0 Å². The summed E-state index contributed by atoms with van der Waals surface area (Å²) in [4.78, 5) is 2.47. The van der Waals surface area contributed by atoms with Gasteiger partial charge in [-0.05, 0) is 24.0 Å². The molecule has 1 aromatic heterocycles. The fourth-order valence-corrected chi connectivity index (χ4v) is 2.99. The Morgan fingerprint density at radius 3 is 2.53 bits per heavy atom. The van der Waals surface area contributed by atoms with Crippen LogP contribution in [-0.2, 0) is 0 Å². The van der Waals surface area contributed by atoms with Crippen LogP contribution in [0.2, 0.25) is 0 Å². The zero-order chi connectivity index (χ0) is 10.7. The molecule has 0 unspecified atom stereocenters. The number of rotatable bonds is 2. The lowest BCUT2D eigenvalue weighted by molar-refractivity contribution is 1.70. The van der Waals surface area contributed by atoms with Crippen molar-refractivity contribution in [1.29, 1.82) is 0 Å². The van der Waals surface area contributed by atoms with Crippen molar-refractivity contribution in [3.63, 3.8) is 0 Å². The van der Waals surface area contributed by atoms with Crippen molar-refractivity contribution in [2.75, 3.05) is 6.26 Å². The maximum Gasteiger partial charge on any atom is 0.0875 e. The first-order valence-electron chi connectivity index (χ1n) is 4.55. The minimum atomic E-state index is 0.974. The van der Waals surface area contributed by atoms with Gasteiger partial charge in [-0.1, -0.05) is 42.5 Å². The van der Waals surface area contributed by atoms with Gasteiger partial charge in [0.1, 0.15) is 0 Å². The molecule has 0 saturated heterocycles. The Morgan fingerprint density at radius 2 is 1.87 bits per heavy atom. The Kier molecular flexibility index (Phi) is 3.57. The third-order valence-corrected chi connectivity index (χ3v) is 4.77. The first-order chi connectivity index (χ1) is 7.31. The van der Waals surface area contributed by atoms with E-state index in [2.05, 4.69) is 36.4 Å². The molecule has 2 rings (SSSR count). The van der Waals surface area contributed by atoms with Crippen LogP contribution in [0.3, 0.4) is 0 Å². The average Bonchev–Trinajstić information content (AvgIpc) is 2.78. The largest absolute Gasteiger partial charge is 0.134 e. The van der Waals surface area contributed by atoms with Gasteiger partial charge in [0.2, 0.25) is 0 Å². The highest BCUT2D eigenvalue weighted by atomic mass is 32.2.